The molecule has 2 aromatic rings. The number of alkyl halides is 3. The lowest BCUT2D eigenvalue weighted by Gasteiger charge is -2.28. The molecule has 0 N–H and O–H groups in total. The first-order valence-corrected chi connectivity index (χ1v) is 10.7. The number of carbonyl (C=O) groups is 3. The number of hydrogen-bond donors (Lipinski definition) is 0. The predicted molar refractivity (Wildman–Crippen MR) is 117 cm³/mol. The van der Waals surface area contributed by atoms with Gasteiger partial charge in [-0.15, -0.1) is 0 Å². The van der Waals surface area contributed by atoms with Gasteiger partial charge in [0.1, 0.15) is 5.70 Å². The van der Waals surface area contributed by atoms with E-state index in [9.17, 15) is 27.6 Å². The first-order valence-electron chi connectivity index (χ1n) is 10.7. The van der Waals surface area contributed by atoms with E-state index >= 15 is 0 Å². The van der Waals surface area contributed by atoms with Gasteiger partial charge in [0.15, 0.2) is 11.5 Å². The molecule has 4 amide bonds. The number of nitrogens with zero attached hydrogens (tertiary/aromatic N) is 3. The van der Waals surface area contributed by atoms with Crippen LogP contribution < -0.4 is 14.4 Å². The van der Waals surface area contributed by atoms with Crippen LogP contribution in [0.1, 0.15) is 17.5 Å². The topological polar surface area (TPSA) is 79.4 Å². The maximum Gasteiger partial charge on any atom is 0.416 e. The lowest BCUT2D eigenvalue weighted by atomic mass is 10.1. The Morgan fingerprint density at radius 3 is 2.49 bits per heavy atom. The highest BCUT2D eigenvalue weighted by Gasteiger charge is 2.56. The van der Waals surface area contributed by atoms with Crippen LogP contribution in [0.15, 0.2) is 53.9 Å². The highest BCUT2D eigenvalue weighted by Crippen LogP contribution is 2.45. The molecule has 5 rings (SSSR count). The number of likely N-dealkylation sites (tertiary alicyclic amines) is 1. The molecule has 3 aliphatic rings. The summed E-state index contributed by atoms with van der Waals surface area (Å²) < 4.78 is 50.0. The number of fused-ring (bicyclic) bond motifs is 4. The Labute approximate surface area is 198 Å². The van der Waals surface area contributed by atoms with Gasteiger partial charge < -0.3 is 14.4 Å². The van der Waals surface area contributed by atoms with Crippen LogP contribution in [0.2, 0.25) is 0 Å². The number of anilines is 1. The summed E-state index contributed by atoms with van der Waals surface area (Å²) in [5.74, 6) is -0.00781. The Bertz CT molecular complexity index is 1290. The van der Waals surface area contributed by atoms with Crippen molar-refractivity contribution in [2.75, 3.05) is 25.7 Å². The van der Waals surface area contributed by atoms with E-state index in [1.54, 1.807) is 18.2 Å². The molecule has 1 atom stereocenters. The van der Waals surface area contributed by atoms with Crippen LogP contribution in [0, 0.1) is 0 Å². The van der Waals surface area contributed by atoms with Crippen LogP contribution in [0.5, 0.6) is 11.5 Å². The molecular weight excluding hydrogens is 467 g/mol. The molecule has 8 nitrogen and oxygen atoms in total. The Morgan fingerprint density at radius 2 is 1.80 bits per heavy atom. The highest BCUT2D eigenvalue weighted by molar-refractivity contribution is 6.27. The molecule has 2 saturated heterocycles. The molecule has 2 aromatic carbocycles. The summed E-state index contributed by atoms with van der Waals surface area (Å²) in [5, 5.41) is 0. The number of halogens is 3. The van der Waals surface area contributed by atoms with Crippen molar-refractivity contribution in [1.82, 2.24) is 9.80 Å². The average molecular weight is 487 g/mol. The lowest BCUT2D eigenvalue weighted by Crippen LogP contribution is -2.43. The van der Waals surface area contributed by atoms with Crippen LogP contribution in [0.4, 0.5) is 23.7 Å². The number of carbonyl (C=O) groups excluding carboxylic acids is 3. The van der Waals surface area contributed by atoms with Crippen molar-refractivity contribution in [2.45, 2.75) is 25.1 Å². The van der Waals surface area contributed by atoms with Gasteiger partial charge in [0.2, 0.25) is 5.91 Å². The molecule has 0 aromatic heterocycles. The third-order valence-corrected chi connectivity index (χ3v) is 6.37. The van der Waals surface area contributed by atoms with Gasteiger partial charge in [-0.3, -0.25) is 14.5 Å². The zero-order valence-corrected chi connectivity index (χ0v) is 18.8. The maximum absolute atomic E-state index is 13.2. The smallest absolute Gasteiger partial charge is 0.416 e. The van der Waals surface area contributed by atoms with Gasteiger partial charge in [-0.2, -0.15) is 13.2 Å². The number of amides is 4. The molecular formula is C24H20F3N3O5. The van der Waals surface area contributed by atoms with Gasteiger partial charge in [0, 0.05) is 13.0 Å². The summed E-state index contributed by atoms with van der Waals surface area (Å²) in [7, 11) is 2.99. The zero-order chi connectivity index (χ0) is 25.1. The SMILES string of the molecule is COc1ccc(CC(=O)N2CC3CC2=C2C(=O)N(c4cccc(C(F)(F)F)c4)C(=O)N23)cc1OC. The largest absolute Gasteiger partial charge is 0.493 e. The van der Waals surface area contributed by atoms with Crippen molar-refractivity contribution >= 4 is 23.5 Å². The van der Waals surface area contributed by atoms with Gasteiger partial charge >= 0.3 is 12.2 Å². The molecule has 3 aliphatic heterocycles. The van der Waals surface area contributed by atoms with Crippen LogP contribution >= 0.6 is 0 Å². The number of imide groups is 1. The average Bonchev–Trinajstić information content (AvgIpc) is 3.49. The summed E-state index contributed by atoms with van der Waals surface area (Å²) in [6.07, 6.45) is -4.25. The predicted octanol–water partition coefficient (Wildman–Crippen LogP) is 3.56. The second kappa shape index (κ2) is 8.03. The standard InChI is InChI=1S/C24H20F3N3O5/c1-34-18-7-6-13(8-19(18)35-2)9-20(31)28-12-16-11-17(28)21-22(32)30(23(33)29(16)21)15-5-3-4-14(10-15)24(25,26)27/h3-8,10,16H,9,11-12H2,1-2H3. The van der Waals surface area contributed by atoms with E-state index in [1.165, 1.54) is 30.1 Å². The summed E-state index contributed by atoms with van der Waals surface area (Å²) in [6.45, 7) is 0.209. The second-order valence-electron chi connectivity index (χ2n) is 8.36. The molecule has 2 fully saturated rings. The van der Waals surface area contributed by atoms with Gasteiger partial charge in [-0.05, 0) is 35.9 Å². The third-order valence-electron chi connectivity index (χ3n) is 6.37. The van der Waals surface area contributed by atoms with Gasteiger partial charge in [0.05, 0.1) is 43.6 Å². The van der Waals surface area contributed by atoms with E-state index in [4.69, 9.17) is 9.47 Å². The summed E-state index contributed by atoms with van der Waals surface area (Å²) in [4.78, 5) is 42.8. The van der Waals surface area contributed by atoms with E-state index in [2.05, 4.69) is 0 Å². The molecule has 35 heavy (non-hydrogen) atoms. The number of ether oxygens (including phenoxy) is 2. The Morgan fingerprint density at radius 1 is 1.06 bits per heavy atom. The first kappa shape index (κ1) is 22.8. The molecule has 0 aliphatic carbocycles. The Kier molecular flexibility index (Phi) is 5.22. The molecule has 2 bridgehead atoms. The van der Waals surface area contributed by atoms with Crippen molar-refractivity contribution in [3.63, 3.8) is 0 Å². The van der Waals surface area contributed by atoms with Crippen LogP contribution in [0.25, 0.3) is 0 Å². The second-order valence-corrected chi connectivity index (χ2v) is 8.36. The summed E-state index contributed by atoms with van der Waals surface area (Å²) in [6, 6.07) is 8.02. The quantitative estimate of drug-likeness (QED) is 0.603. The minimum absolute atomic E-state index is 0.0311. The van der Waals surface area contributed by atoms with E-state index in [0.717, 1.165) is 23.1 Å². The molecule has 0 spiro atoms. The number of hydrogen-bond acceptors (Lipinski definition) is 5. The van der Waals surface area contributed by atoms with E-state index in [0.29, 0.717) is 29.2 Å². The lowest BCUT2D eigenvalue weighted by molar-refractivity contribution is -0.137. The zero-order valence-electron chi connectivity index (χ0n) is 18.8. The monoisotopic (exact) mass is 487 g/mol. The van der Waals surface area contributed by atoms with Gasteiger partial charge in [-0.1, -0.05) is 12.1 Å². The Hall–Kier alpha value is -4.02. The van der Waals surface area contributed by atoms with Crippen molar-refractivity contribution in [1.29, 1.82) is 0 Å². The molecule has 11 heteroatoms. The minimum Gasteiger partial charge on any atom is -0.493 e. The molecule has 0 saturated carbocycles. The first-order chi connectivity index (χ1) is 16.6. The van der Waals surface area contributed by atoms with E-state index in [1.807, 2.05) is 0 Å². The fourth-order valence-electron chi connectivity index (χ4n) is 4.78. The van der Waals surface area contributed by atoms with Crippen LogP contribution in [0.3, 0.4) is 0 Å². The number of methoxy groups -OCH3 is 2. The van der Waals surface area contributed by atoms with Crippen LogP contribution in [-0.2, 0) is 22.2 Å². The molecule has 3 heterocycles. The minimum atomic E-state index is -4.62. The van der Waals surface area contributed by atoms with E-state index in [-0.39, 0.29) is 30.3 Å². The third kappa shape index (κ3) is 3.58. The number of urea groups is 1. The van der Waals surface area contributed by atoms with Gasteiger partial charge in [0.25, 0.3) is 5.91 Å². The number of benzene rings is 2. The number of rotatable bonds is 5. The van der Waals surface area contributed by atoms with Gasteiger partial charge in [-0.25, -0.2) is 9.69 Å². The van der Waals surface area contributed by atoms with E-state index < -0.39 is 29.7 Å². The summed E-state index contributed by atoms with van der Waals surface area (Å²) >= 11 is 0. The van der Waals surface area contributed by atoms with Crippen molar-refractivity contribution < 1.29 is 37.0 Å². The molecule has 0 radical (unpaired) electrons. The maximum atomic E-state index is 13.2. The Balaban J connectivity index is 1.42. The van der Waals surface area contributed by atoms with Crippen molar-refractivity contribution in [3.05, 3.63) is 65.0 Å². The fourth-order valence-corrected chi connectivity index (χ4v) is 4.78. The summed E-state index contributed by atoms with van der Waals surface area (Å²) in [5.41, 5.74) is 0.00450. The van der Waals surface area contributed by atoms with Crippen LogP contribution in [-0.4, -0.2) is 54.5 Å². The normalized spacial score (nSPS) is 19.1. The molecule has 1 unspecified atom stereocenters. The fraction of sp³-hybridized carbons (Fsp3) is 0.292. The van der Waals surface area contributed by atoms with Crippen molar-refractivity contribution in [3.8, 4) is 11.5 Å². The van der Waals surface area contributed by atoms with Crippen molar-refractivity contribution in [2.24, 2.45) is 0 Å². The molecule has 182 valence electrons. The highest BCUT2D eigenvalue weighted by atomic mass is 19.4.